The van der Waals surface area contributed by atoms with Crippen LogP contribution in [0, 0.1) is 6.92 Å². The molecular weight excluding hydrogens is 442 g/mol. The first kappa shape index (κ1) is 24.0. The molecule has 0 bridgehead atoms. The van der Waals surface area contributed by atoms with Crippen LogP contribution in [0.15, 0.2) is 66.7 Å². The van der Waals surface area contributed by atoms with Crippen LogP contribution < -0.4 is 4.74 Å². The van der Waals surface area contributed by atoms with Crippen molar-refractivity contribution >= 4 is 48.0 Å². The number of aromatic carboxylic acids is 1. The SMILES string of the molecule is COc1ccc(Cl)cc1-c1c(C(=O)O)nn(-c2cccc(C)c2)c1-c1cccc(Cl)c1.[Li]. The van der Waals surface area contributed by atoms with Crippen molar-refractivity contribution < 1.29 is 14.6 Å². The molecule has 1 heterocycles. The van der Waals surface area contributed by atoms with Gasteiger partial charge in [-0.3, -0.25) is 0 Å². The fourth-order valence-corrected chi connectivity index (χ4v) is 3.91. The van der Waals surface area contributed by atoms with E-state index in [1.165, 1.54) is 7.11 Å². The molecule has 8 heteroatoms. The second kappa shape index (κ2) is 9.85. The predicted molar refractivity (Wildman–Crippen MR) is 128 cm³/mol. The number of nitrogens with zero attached hydrogens (tertiary/aromatic N) is 2. The van der Waals surface area contributed by atoms with Crippen LogP contribution in [-0.4, -0.2) is 46.8 Å². The number of hydrogen-bond acceptors (Lipinski definition) is 3. The summed E-state index contributed by atoms with van der Waals surface area (Å²) in [4.78, 5) is 12.3. The molecule has 0 atom stereocenters. The monoisotopic (exact) mass is 459 g/mol. The average molecular weight is 460 g/mol. The van der Waals surface area contributed by atoms with E-state index in [-0.39, 0.29) is 24.6 Å². The minimum Gasteiger partial charge on any atom is -0.496 e. The summed E-state index contributed by atoms with van der Waals surface area (Å²) in [6.45, 7) is 1.96. The molecule has 0 aliphatic rings. The van der Waals surface area contributed by atoms with Crippen LogP contribution in [0.25, 0.3) is 28.1 Å². The summed E-state index contributed by atoms with van der Waals surface area (Å²) >= 11 is 12.6. The average Bonchev–Trinajstić information content (AvgIpc) is 3.14. The molecule has 3 aromatic carbocycles. The van der Waals surface area contributed by atoms with Gasteiger partial charge in [0.1, 0.15) is 5.75 Å². The molecule has 0 fully saturated rings. The van der Waals surface area contributed by atoms with E-state index in [1.54, 1.807) is 35.0 Å². The van der Waals surface area contributed by atoms with Crippen LogP contribution in [0.5, 0.6) is 5.75 Å². The number of carboxylic acid groups (broad SMARTS) is 1. The zero-order chi connectivity index (χ0) is 22.1. The Morgan fingerprint density at radius 1 is 1.00 bits per heavy atom. The van der Waals surface area contributed by atoms with Crippen molar-refractivity contribution in [1.29, 1.82) is 0 Å². The first-order chi connectivity index (χ1) is 14.9. The first-order valence-electron chi connectivity index (χ1n) is 9.42. The van der Waals surface area contributed by atoms with Crippen molar-refractivity contribution in [1.82, 2.24) is 9.78 Å². The molecule has 0 aliphatic carbocycles. The minimum absolute atomic E-state index is 0. The van der Waals surface area contributed by atoms with Gasteiger partial charge in [0.2, 0.25) is 0 Å². The number of carboxylic acids is 1. The number of hydrogen-bond donors (Lipinski definition) is 1. The molecule has 1 aromatic heterocycles. The molecule has 0 unspecified atom stereocenters. The Morgan fingerprint density at radius 2 is 1.72 bits per heavy atom. The maximum atomic E-state index is 12.3. The van der Waals surface area contributed by atoms with Gasteiger partial charge < -0.3 is 9.84 Å². The summed E-state index contributed by atoms with van der Waals surface area (Å²) in [6.07, 6.45) is 0. The van der Waals surface area contributed by atoms with E-state index in [9.17, 15) is 9.90 Å². The molecule has 0 saturated carbocycles. The molecule has 5 nitrogen and oxygen atoms in total. The first-order valence-corrected chi connectivity index (χ1v) is 10.2. The molecular formula is C24H18Cl2LiN2O3. The Balaban J connectivity index is 0.00000289. The van der Waals surface area contributed by atoms with Gasteiger partial charge in [0.05, 0.1) is 18.5 Å². The van der Waals surface area contributed by atoms with Crippen molar-refractivity contribution in [2.24, 2.45) is 0 Å². The Kier molecular flexibility index (Phi) is 7.38. The van der Waals surface area contributed by atoms with Crippen molar-refractivity contribution in [3.8, 4) is 33.8 Å². The van der Waals surface area contributed by atoms with Gasteiger partial charge in [-0.1, -0.05) is 47.5 Å². The van der Waals surface area contributed by atoms with E-state index in [0.717, 1.165) is 11.3 Å². The van der Waals surface area contributed by atoms with Crippen molar-refractivity contribution in [2.75, 3.05) is 7.11 Å². The molecule has 0 amide bonds. The van der Waals surface area contributed by atoms with Gasteiger partial charge >= 0.3 is 5.97 Å². The fourth-order valence-electron chi connectivity index (χ4n) is 3.55. The molecule has 1 N–H and O–H groups in total. The second-order valence-corrected chi connectivity index (χ2v) is 7.86. The van der Waals surface area contributed by atoms with E-state index < -0.39 is 5.97 Å². The van der Waals surface area contributed by atoms with Gasteiger partial charge in [0.15, 0.2) is 5.69 Å². The molecule has 157 valence electrons. The van der Waals surface area contributed by atoms with Gasteiger partial charge in [0.25, 0.3) is 0 Å². The normalized spacial score (nSPS) is 10.5. The third kappa shape index (κ3) is 4.57. The Bertz CT molecular complexity index is 1300. The number of aryl methyl sites for hydroxylation is 1. The van der Waals surface area contributed by atoms with Crippen LogP contribution in [0.4, 0.5) is 0 Å². The third-order valence-corrected chi connectivity index (χ3v) is 5.33. The molecule has 4 aromatic rings. The van der Waals surface area contributed by atoms with Crippen LogP contribution >= 0.6 is 23.2 Å². The van der Waals surface area contributed by atoms with Gasteiger partial charge in [-0.2, -0.15) is 5.10 Å². The van der Waals surface area contributed by atoms with Gasteiger partial charge in [-0.25, -0.2) is 9.48 Å². The number of ether oxygens (including phenoxy) is 1. The molecule has 1 radical (unpaired) electrons. The van der Waals surface area contributed by atoms with E-state index >= 15 is 0 Å². The van der Waals surface area contributed by atoms with E-state index in [2.05, 4.69) is 5.10 Å². The topological polar surface area (TPSA) is 64.3 Å². The molecule has 32 heavy (non-hydrogen) atoms. The number of carbonyl (C=O) groups is 1. The number of halogens is 2. The van der Waals surface area contributed by atoms with Crippen LogP contribution in [0.2, 0.25) is 10.0 Å². The van der Waals surface area contributed by atoms with Gasteiger partial charge in [0, 0.05) is 45.6 Å². The number of rotatable bonds is 5. The second-order valence-electron chi connectivity index (χ2n) is 6.98. The predicted octanol–water partition coefficient (Wildman–Crippen LogP) is 6.15. The summed E-state index contributed by atoms with van der Waals surface area (Å²) < 4.78 is 7.15. The Hall–Kier alpha value is -2.68. The van der Waals surface area contributed by atoms with E-state index in [0.29, 0.717) is 38.2 Å². The van der Waals surface area contributed by atoms with Crippen LogP contribution in [0.1, 0.15) is 16.1 Å². The summed E-state index contributed by atoms with van der Waals surface area (Å²) in [5.41, 5.74) is 3.85. The van der Waals surface area contributed by atoms with E-state index in [1.807, 2.05) is 43.3 Å². The van der Waals surface area contributed by atoms with Crippen LogP contribution in [0.3, 0.4) is 0 Å². The molecule has 0 saturated heterocycles. The zero-order valence-electron chi connectivity index (χ0n) is 17.8. The Morgan fingerprint density at radius 3 is 2.38 bits per heavy atom. The molecule has 0 spiro atoms. The van der Waals surface area contributed by atoms with Crippen molar-refractivity contribution in [3.63, 3.8) is 0 Å². The van der Waals surface area contributed by atoms with Gasteiger partial charge in [-0.05, 0) is 55.0 Å². The van der Waals surface area contributed by atoms with Crippen LogP contribution in [-0.2, 0) is 0 Å². The Labute approximate surface area is 207 Å². The standard InChI is InChI=1S/C24H18Cl2N2O3.Li/c1-14-5-3-8-18(11-14)28-23(15-6-4-7-16(25)12-15)21(22(27-28)24(29)30)19-13-17(26)9-10-20(19)31-2;/h3-13H,1-2H3,(H,29,30);. The number of aromatic nitrogens is 2. The van der Waals surface area contributed by atoms with Gasteiger partial charge in [-0.15, -0.1) is 0 Å². The summed E-state index contributed by atoms with van der Waals surface area (Å²) in [6, 6.07) is 19.9. The quantitative estimate of drug-likeness (QED) is 0.363. The van der Waals surface area contributed by atoms with E-state index in [4.69, 9.17) is 27.9 Å². The van der Waals surface area contributed by atoms with Crippen molar-refractivity contribution in [2.45, 2.75) is 6.92 Å². The third-order valence-electron chi connectivity index (χ3n) is 4.86. The van der Waals surface area contributed by atoms with Crippen molar-refractivity contribution in [3.05, 3.63) is 88.0 Å². The fraction of sp³-hybridized carbons (Fsp3) is 0.0833. The summed E-state index contributed by atoms with van der Waals surface area (Å²) in [7, 11) is 1.53. The maximum Gasteiger partial charge on any atom is 0.357 e. The molecule has 0 aliphatic heterocycles. The minimum atomic E-state index is -1.16. The summed E-state index contributed by atoms with van der Waals surface area (Å²) in [5, 5.41) is 15.5. The smallest absolute Gasteiger partial charge is 0.357 e. The number of benzene rings is 3. The molecule has 4 rings (SSSR count). The largest absolute Gasteiger partial charge is 0.496 e. The summed E-state index contributed by atoms with van der Waals surface area (Å²) in [5.74, 6) is -0.675. The number of methoxy groups -OCH3 is 1. The maximum absolute atomic E-state index is 12.3. The zero-order valence-corrected chi connectivity index (χ0v) is 19.3.